The summed E-state index contributed by atoms with van der Waals surface area (Å²) in [7, 11) is 2.52. The first-order valence-electron chi connectivity index (χ1n) is 5.62. The Balaban J connectivity index is 3.09. The van der Waals surface area contributed by atoms with Crippen LogP contribution in [0.25, 0.3) is 0 Å². The fourth-order valence-corrected chi connectivity index (χ4v) is 2.40. The summed E-state index contributed by atoms with van der Waals surface area (Å²) in [5.41, 5.74) is -0.813. The van der Waals surface area contributed by atoms with E-state index in [0.717, 1.165) is 18.2 Å². The number of carbonyl (C=O) groups excluding carboxylic acids is 1. The predicted molar refractivity (Wildman–Crippen MR) is 72.9 cm³/mol. The Morgan fingerprint density at radius 3 is 2.50 bits per heavy atom. The van der Waals surface area contributed by atoms with Gasteiger partial charge in [0, 0.05) is 23.4 Å². The van der Waals surface area contributed by atoms with Crippen LogP contribution in [0.5, 0.6) is 0 Å². The van der Waals surface area contributed by atoms with Gasteiger partial charge in [-0.1, -0.05) is 0 Å². The second kappa shape index (κ2) is 6.07. The van der Waals surface area contributed by atoms with Gasteiger partial charge in [0.2, 0.25) is 0 Å². The van der Waals surface area contributed by atoms with Crippen molar-refractivity contribution in [3.05, 3.63) is 29.6 Å². The van der Waals surface area contributed by atoms with Crippen LogP contribution < -0.4 is 5.32 Å². The number of benzene rings is 1. The van der Waals surface area contributed by atoms with Crippen molar-refractivity contribution < 1.29 is 22.3 Å². The van der Waals surface area contributed by atoms with Crippen LogP contribution in [-0.4, -0.2) is 33.6 Å². The van der Waals surface area contributed by atoms with Crippen LogP contribution in [0.1, 0.15) is 24.2 Å². The van der Waals surface area contributed by atoms with Crippen molar-refractivity contribution in [2.45, 2.75) is 24.3 Å². The van der Waals surface area contributed by atoms with Crippen molar-refractivity contribution >= 4 is 25.6 Å². The summed E-state index contributed by atoms with van der Waals surface area (Å²) in [6, 6.07) is 2.70. The van der Waals surface area contributed by atoms with E-state index in [0.29, 0.717) is 0 Å². The molecule has 1 N–H and O–H groups in total. The third-order valence-corrected chi connectivity index (χ3v) is 3.71. The lowest BCUT2D eigenvalue weighted by Crippen LogP contribution is -2.46. The molecule has 1 rings (SSSR count). The Hall–Kier alpha value is -1.18. The summed E-state index contributed by atoms with van der Waals surface area (Å²) in [5.74, 6) is -1.48. The molecule has 0 saturated carbocycles. The lowest BCUT2D eigenvalue weighted by molar-refractivity contribution is 0.0819. The molecule has 0 spiro atoms. The molecule has 0 atom stereocenters. The molecule has 1 amide bonds. The van der Waals surface area contributed by atoms with Crippen LogP contribution in [0.4, 0.5) is 4.39 Å². The molecule has 0 heterocycles. The Kier molecular flexibility index (Phi) is 5.12. The smallest absolute Gasteiger partial charge is 0.261 e. The van der Waals surface area contributed by atoms with Crippen molar-refractivity contribution in [3.63, 3.8) is 0 Å². The van der Waals surface area contributed by atoms with Gasteiger partial charge in [0.15, 0.2) is 0 Å². The summed E-state index contributed by atoms with van der Waals surface area (Å²) >= 11 is 0. The van der Waals surface area contributed by atoms with Gasteiger partial charge in [0.25, 0.3) is 15.0 Å². The first kappa shape index (κ1) is 16.9. The molecule has 0 fully saturated rings. The van der Waals surface area contributed by atoms with Gasteiger partial charge in [0.1, 0.15) is 5.82 Å². The Bertz CT molecular complexity index is 616. The summed E-state index contributed by atoms with van der Waals surface area (Å²) in [4.78, 5) is 11.5. The average molecular weight is 324 g/mol. The molecule has 8 heteroatoms. The van der Waals surface area contributed by atoms with E-state index in [1.807, 2.05) is 0 Å². The van der Waals surface area contributed by atoms with E-state index in [4.69, 9.17) is 15.4 Å². The number of carbonyl (C=O) groups is 1. The molecule has 20 heavy (non-hydrogen) atoms. The minimum atomic E-state index is -4.11. The molecule has 5 nitrogen and oxygen atoms in total. The highest BCUT2D eigenvalue weighted by molar-refractivity contribution is 8.13. The lowest BCUT2D eigenvalue weighted by atomic mass is 10.1. The van der Waals surface area contributed by atoms with Crippen LogP contribution in [0.3, 0.4) is 0 Å². The Labute approximate surface area is 121 Å². The maximum absolute atomic E-state index is 13.4. The molecule has 0 aliphatic carbocycles. The van der Waals surface area contributed by atoms with Crippen LogP contribution in [0, 0.1) is 5.82 Å². The zero-order valence-corrected chi connectivity index (χ0v) is 12.8. The molecule has 112 valence electrons. The number of rotatable bonds is 5. The largest absolute Gasteiger partial charge is 0.382 e. The normalized spacial score (nSPS) is 12.2. The number of nitrogens with one attached hydrogen (secondary N) is 1. The fourth-order valence-electron chi connectivity index (χ4n) is 1.61. The fraction of sp³-hybridized carbons (Fsp3) is 0.417. The van der Waals surface area contributed by atoms with E-state index in [-0.39, 0.29) is 12.2 Å². The summed E-state index contributed by atoms with van der Waals surface area (Å²) in [6.07, 6.45) is 0. The zero-order chi connectivity index (χ0) is 15.6. The molecule has 0 aliphatic rings. The third kappa shape index (κ3) is 4.73. The van der Waals surface area contributed by atoms with Gasteiger partial charge < -0.3 is 10.1 Å². The van der Waals surface area contributed by atoms with Gasteiger partial charge in [0.05, 0.1) is 17.0 Å². The van der Waals surface area contributed by atoms with Gasteiger partial charge in [-0.05, 0) is 32.0 Å². The Morgan fingerprint density at radius 1 is 1.40 bits per heavy atom. The molecule has 0 saturated heterocycles. The molecule has 0 radical (unpaired) electrons. The standard InChI is InChI=1S/C12H15ClFNO4S/c1-12(2,7-19-3)15-11(16)8-4-9(14)6-10(5-8)20(13,17)18/h4-6H,7H2,1-3H3,(H,15,16). The first-order chi connectivity index (χ1) is 9.05. The number of methoxy groups -OCH3 is 1. The van der Waals surface area contributed by atoms with Crippen LogP contribution in [0.2, 0.25) is 0 Å². The minimum Gasteiger partial charge on any atom is -0.382 e. The van der Waals surface area contributed by atoms with Crippen molar-refractivity contribution in [1.29, 1.82) is 0 Å². The molecular formula is C12H15ClFNO4S. The van der Waals surface area contributed by atoms with Crippen LogP contribution >= 0.6 is 10.7 Å². The first-order valence-corrected chi connectivity index (χ1v) is 7.93. The third-order valence-electron chi connectivity index (χ3n) is 2.37. The number of hydrogen-bond donors (Lipinski definition) is 1. The van der Waals surface area contributed by atoms with E-state index in [1.165, 1.54) is 7.11 Å². The second-order valence-corrected chi connectivity index (χ2v) is 7.45. The number of ether oxygens (including phenoxy) is 1. The zero-order valence-electron chi connectivity index (χ0n) is 11.2. The van der Waals surface area contributed by atoms with Gasteiger partial charge in [-0.2, -0.15) is 0 Å². The minimum absolute atomic E-state index is 0.131. The van der Waals surface area contributed by atoms with Crippen molar-refractivity contribution in [1.82, 2.24) is 5.32 Å². The topological polar surface area (TPSA) is 72.5 Å². The van der Waals surface area contributed by atoms with Gasteiger partial charge in [-0.15, -0.1) is 0 Å². The highest BCUT2D eigenvalue weighted by atomic mass is 35.7. The maximum atomic E-state index is 13.4. The molecule has 0 unspecified atom stereocenters. The second-order valence-electron chi connectivity index (χ2n) is 4.88. The molecule has 1 aromatic rings. The number of amides is 1. The van der Waals surface area contributed by atoms with E-state index in [9.17, 15) is 17.6 Å². The quantitative estimate of drug-likeness (QED) is 0.840. The van der Waals surface area contributed by atoms with Crippen molar-refractivity contribution in [2.75, 3.05) is 13.7 Å². The van der Waals surface area contributed by atoms with E-state index in [2.05, 4.69) is 5.32 Å². The van der Waals surface area contributed by atoms with E-state index >= 15 is 0 Å². The Morgan fingerprint density at radius 2 is 2.00 bits per heavy atom. The molecule has 0 bridgehead atoms. The van der Waals surface area contributed by atoms with Crippen molar-refractivity contribution in [3.8, 4) is 0 Å². The molecule has 1 aromatic carbocycles. The van der Waals surface area contributed by atoms with Crippen LogP contribution in [0.15, 0.2) is 23.1 Å². The van der Waals surface area contributed by atoms with Crippen LogP contribution in [-0.2, 0) is 13.8 Å². The maximum Gasteiger partial charge on any atom is 0.261 e. The highest BCUT2D eigenvalue weighted by Gasteiger charge is 2.23. The number of hydrogen-bond acceptors (Lipinski definition) is 4. The van der Waals surface area contributed by atoms with Gasteiger partial charge in [-0.25, -0.2) is 12.8 Å². The van der Waals surface area contributed by atoms with Gasteiger partial charge in [-0.3, -0.25) is 4.79 Å². The lowest BCUT2D eigenvalue weighted by Gasteiger charge is -2.25. The van der Waals surface area contributed by atoms with Gasteiger partial charge >= 0.3 is 0 Å². The molecular weight excluding hydrogens is 309 g/mol. The summed E-state index contributed by atoms with van der Waals surface area (Å²) in [6.45, 7) is 3.68. The monoisotopic (exact) mass is 323 g/mol. The highest BCUT2D eigenvalue weighted by Crippen LogP contribution is 2.19. The molecule has 0 aromatic heterocycles. The average Bonchev–Trinajstić information content (AvgIpc) is 2.26. The van der Waals surface area contributed by atoms with Crippen molar-refractivity contribution in [2.24, 2.45) is 0 Å². The molecule has 0 aliphatic heterocycles. The number of halogens is 2. The predicted octanol–water partition coefficient (Wildman–Crippen LogP) is 1.91. The van der Waals surface area contributed by atoms with E-state index < -0.39 is 31.2 Å². The van der Waals surface area contributed by atoms with E-state index in [1.54, 1.807) is 13.8 Å². The SMILES string of the molecule is COCC(C)(C)NC(=O)c1cc(F)cc(S(=O)(=O)Cl)c1. The summed E-state index contributed by atoms with van der Waals surface area (Å²) < 4.78 is 40.7. The summed E-state index contributed by atoms with van der Waals surface area (Å²) in [5, 5.41) is 2.61.